The summed E-state index contributed by atoms with van der Waals surface area (Å²) in [6.07, 6.45) is 0. The number of carbonyl (C=O) groups excluding carboxylic acids is 1. The lowest BCUT2D eigenvalue weighted by molar-refractivity contribution is 0.0746. The number of amides is 1. The first-order chi connectivity index (χ1) is 16.1. The molecule has 1 N–H and O–H groups in total. The lowest BCUT2D eigenvalue weighted by Gasteiger charge is -2.36. The van der Waals surface area contributed by atoms with Gasteiger partial charge in [0.1, 0.15) is 5.82 Å². The molecule has 1 aliphatic heterocycles. The van der Waals surface area contributed by atoms with E-state index in [0.717, 1.165) is 16.8 Å². The average Bonchev–Trinajstić information content (AvgIpc) is 2.82. The topological polar surface area (TPSA) is 69.7 Å². The van der Waals surface area contributed by atoms with Gasteiger partial charge in [0.25, 0.3) is 15.9 Å². The quantitative estimate of drug-likeness (QED) is 0.582. The molecule has 1 fully saturated rings. The lowest BCUT2D eigenvalue weighted by Crippen LogP contribution is -2.48. The van der Waals surface area contributed by atoms with E-state index in [1.807, 2.05) is 19.9 Å². The van der Waals surface area contributed by atoms with E-state index in [1.54, 1.807) is 48.2 Å². The molecule has 34 heavy (non-hydrogen) atoms. The van der Waals surface area contributed by atoms with Crippen LogP contribution < -0.4 is 9.62 Å². The monoisotopic (exact) mass is 481 g/mol. The first-order valence-corrected chi connectivity index (χ1v) is 12.6. The molecule has 4 rings (SSSR count). The van der Waals surface area contributed by atoms with E-state index < -0.39 is 10.0 Å². The normalized spacial score (nSPS) is 14.2. The molecule has 178 valence electrons. The highest BCUT2D eigenvalue weighted by Gasteiger charge is 2.25. The van der Waals surface area contributed by atoms with Crippen LogP contribution >= 0.6 is 0 Å². The fourth-order valence-corrected chi connectivity index (χ4v) is 5.36. The van der Waals surface area contributed by atoms with Crippen molar-refractivity contribution in [2.75, 3.05) is 35.8 Å². The van der Waals surface area contributed by atoms with Crippen molar-refractivity contribution < 1.29 is 17.6 Å². The predicted octanol–water partition coefficient (Wildman–Crippen LogP) is 4.51. The third-order valence-electron chi connectivity index (χ3n) is 6.24. The standard InChI is InChI=1S/C26H28FN3O3S/c1-18-5-9-23(16-20(18)3)28-34(32,33)25-17-21(6-4-19(25)2)26(31)30-14-12-29(13-15-30)24-10-7-22(27)8-11-24/h4-11,16-17,28H,12-15H2,1-3H3. The minimum absolute atomic E-state index is 0.0847. The maximum atomic E-state index is 13.2. The number of halogens is 1. The zero-order valence-corrected chi connectivity index (χ0v) is 20.3. The van der Waals surface area contributed by atoms with Gasteiger partial charge in [0, 0.05) is 43.1 Å². The number of nitrogens with zero attached hydrogens (tertiary/aromatic N) is 2. The molecule has 0 aliphatic carbocycles. The SMILES string of the molecule is Cc1ccc(NS(=O)(=O)c2cc(C(=O)N3CCN(c4ccc(F)cc4)CC3)ccc2C)cc1C. The Morgan fingerprint density at radius 2 is 1.47 bits per heavy atom. The second-order valence-corrected chi connectivity index (χ2v) is 10.3. The van der Waals surface area contributed by atoms with E-state index in [4.69, 9.17) is 0 Å². The summed E-state index contributed by atoms with van der Waals surface area (Å²) in [4.78, 5) is 17.1. The number of benzene rings is 3. The largest absolute Gasteiger partial charge is 0.368 e. The maximum Gasteiger partial charge on any atom is 0.262 e. The number of anilines is 2. The van der Waals surface area contributed by atoms with Crippen LogP contribution in [0.15, 0.2) is 65.6 Å². The molecule has 0 saturated carbocycles. The molecule has 1 amide bonds. The summed E-state index contributed by atoms with van der Waals surface area (Å²) in [5.74, 6) is -0.490. The lowest BCUT2D eigenvalue weighted by atomic mass is 10.1. The van der Waals surface area contributed by atoms with E-state index in [0.29, 0.717) is 43.0 Å². The maximum absolute atomic E-state index is 13.2. The zero-order chi connectivity index (χ0) is 24.5. The molecule has 0 bridgehead atoms. The predicted molar refractivity (Wildman–Crippen MR) is 132 cm³/mol. The highest BCUT2D eigenvalue weighted by Crippen LogP contribution is 2.24. The Kier molecular flexibility index (Phi) is 6.61. The molecule has 0 spiro atoms. The summed E-state index contributed by atoms with van der Waals surface area (Å²) in [5, 5.41) is 0. The van der Waals surface area contributed by atoms with Crippen molar-refractivity contribution in [3.8, 4) is 0 Å². The molecule has 8 heteroatoms. The Hall–Kier alpha value is -3.39. The number of carbonyl (C=O) groups is 1. The van der Waals surface area contributed by atoms with Crippen LogP contribution in [-0.4, -0.2) is 45.4 Å². The van der Waals surface area contributed by atoms with Gasteiger partial charge in [-0.15, -0.1) is 0 Å². The highest BCUT2D eigenvalue weighted by molar-refractivity contribution is 7.92. The first-order valence-electron chi connectivity index (χ1n) is 11.1. The van der Waals surface area contributed by atoms with Gasteiger partial charge in [-0.05, 0) is 86.0 Å². The van der Waals surface area contributed by atoms with Crippen molar-refractivity contribution in [2.24, 2.45) is 0 Å². The minimum Gasteiger partial charge on any atom is -0.368 e. The smallest absolute Gasteiger partial charge is 0.262 e. The molecule has 3 aromatic carbocycles. The molecule has 0 radical (unpaired) electrons. The summed E-state index contributed by atoms with van der Waals surface area (Å²) in [6.45, 7) is 7.82. The van der Waals surface area contributed by atoms with Crippen LogP contribution in [0, 0.1) is 26.6 Å². The number of rotatable bonds is 5. The van der Waals surface area contributed by atoms with E-state index in [-0.39, 0.29) is 16.6 Å². The van der Waals surface area contributed by atoms with Crippen LogP contribution in [0.2, 0.25) is 0 Å². The highest BCUT2D eigenvalue weighted by atomic mass is 32.2. The van der Waals surface area contributed by atoms with Crippen LogP contribution in [0.25, 0.3) is 0 Å². The number of hydrogen-bond acceptors (Lipinski definition) is 4. The molecule has 0 unspecified atom stereocenters. The van der Waals surface area contributed by atoms with Gasteiger partial charge in [-0.3, -0.25) is 9.52 Å². The minimum atomic E-state index is -3.87. The zero-order valence-electron chi connectivity index (χ0n) is 19.5. The Balaban J connectivity index is 1.49. The second-order valence-electron chi connectivity index (χ2n) is 8.64. The van der Waals surface area contributed by atoms with Crippen molar-refractivity contribution >= 4 is 27.3 Å². The van der Waals surface area contributed by atoms with Crippen LogP contribution in [-0.2, 0) is 10.0 Å². The Bertz CT molecular complexity index is 1320. The molecule has 3 aromatic rings. The van der Waals surface area contributed by atoms with Gasteiger partial charge in [0.15, 0.2) is 0 Å². The van der Waals surface area contributed by atoms with Gasteiger partial charge in [-0.1, -0.05) is 12.1 Å². The van der Waals surface area contributed by atoms with Crippen LogP contribution in [0.5, 0.6) is 0 Å². The van der Waals surface area contributed by atoms with Crippen molar-refractivity contribution in [1.82, 2.24) is 4.90 Å². The fraction of sp³-hybridized carbons (Fsp3) is 0.269. The number of sulfonamides is 1. The van der Waals surface area contributed by atoms with Crippen LogP contribution in [0.3, 0.4) is 0 Å². The fourth-order valence-electron chi connectivity index (χ4n) is 4.04. The van der Waals surface area contributed by atoms with Crippen molar-refractivity contribution in [3.63, 3.8) is 0 Å². The third kappa shape index (κ3) is 5.07. The van der Waals surface area contributed by atoms with E-state index in [9.17, 15) is 17.6 Å². The molecule has 0 aromatic heterocycles. The Morgan fingerprint density at radius 1 is 0.824 bits per heavy atom. The van der Waals surface area contributed by atoms with Crippen LogP contribution in [0.1, 0.15) is 27.0 Å². The summed E-state index contributed by atoms with van der Waals surface area (Å²) >= 11 is 0. The molecule has 0 atom stereocenters. The second kappa shape index (κ2) is 9.46. The average molecular weight is 482 g/mol. The molecule has 1 saturated heterocycles. The van der Waals surface area contributed by atoms with Gasteiger partial charge >= 0.3 is 0 Å². The van der Waals surface area contributed by atoms with Crippen molar-refractivity contribution in [3.05, 3.63) is 88.7 Å². The molecule has 1 heterocycles. The van der Waals surface area contributed by atoms with Gasteiger partial charge in [0.2, 0.25) is 0 Å². The first kappa shape index (κ1) is 23.8. The van der Waals surface area contributed by atoms with E-state index >= 15 is 0 Å². The van der Waals surface area contributed by atoms with Crippen molar-refractivity contribution in [1.29, 1.82) is 0 Å². The summed E-state index contributed by atoms with van der Waals surface area (Å²) in [7, 11) is -3.87. The summed E-state index contributed by atoms with van der Waals surface area (Å²) in [5.41, 5.74) is 4.35. The molecular weight excluding hydrogens is 453 g/mol. The molecule has 1 aliphatic rings. The number of hydrogen-bond donors (Lipinski definition) is 1. The van der Waals surface area contributed by atoms with Crippen LogP contribution in [0.4, 0.5) is 15.8 Å². The number of piperazine rings is 1. The number of nitrogens with one attached hydrogen (secondary N) is 1. The number of aryl methyl sites for hydroxylation is 3. The van der Waals surface area contributed by atoms with Gasteiger partial charge in [0.05, 0.1) is 4.90 Å². The summed E-state index contributed by atoms with van der Waals surface area (Å²) in [6, 6.07) is 16.5. The van der Waals surface area contributed by atoms with E-state index in [2.05, 4.69) is 9.62 Å². The molecular formula is C26H28FN3O3S. The Morgan fingerprint density at radius 3 is 2.12 bits per heavy atom. The molecule has 6 nitrogen and oxygen atoms in total. The van der Waals surface area contributed by atoms with Gasteiger partial charge < -0.3 is 9.80 Å². The van der Waals surface area contributed by atoms with Gasteiger partial charge in [-0.25, -0.2) is 12.8 Å². The Labute approximate surface area is 200 Å². The third-order valence-corrected chi connectivity index (χ3v) is 7.77. The van der Waals surface area contributed by atoms with E-state index in [1.165, 1.54) is 18.2 Å². The van der Waals surface area contributed by atoms with Gasteiger partial charge in [-0.2, -0.15) is 0 Å². The summed E-state index contributed by atoms with van der Waals surface area (Å²) < 4.78 is 42.1. The van der Waals surface area contributed by atoms with Crippen molar-refractivity contribution in [2.45, 2.75) is 25.7 Å².